The van der Waals surface area contributed by atoms with Gasteiger partial charge < -0.3 is 4.43 Å². The molecule has 1 aliphatic rings. The highest BCUT2D eigenvalue weighted by Gasteiger charge is 2.54. The van der Waals surface area contributed by atoms with Crippen molar-refractivity contribution in [2.75, 3.05) is 0 Å². The van der Waals surface area contributed by atoms with Crippen molar-refractivity contribution < 1.29 is 9.22 Å². The van der Waals surface area contributed by atoms with Crippen molar-refractivity contribution in [2.24, 2.45) is 0 Å². The van der Waals surface area contributed by atoms with Gasteiger partial charge >= 0.3 is 0 Å². The first-order valence-corrected chi connectivity index (χ1v) is 12.0. The molecule has 0 amide bonds. The van der Waals surface area contributed by atoms with Gasteiger partial charge in [-0.2, -0.15) is 0 Å². The van der Waals surface area contributed by atoms with E-state index in [-0.39, 0.29) is 5.78 Å². The van der Waals surface area contributed by atoms with Gasteiger partial charge in [0.2, 0.25) is 0 Å². The van der Waals surface area contributed by atoms with E-state index in [2.05, 4.69) is 77.4 Å². The minimum Gasteiger partial charge on any atom is -0.384 e. The molecule has 1 heterocycles. The van der Waals surface area contributed by atoms with Crippen molar-refractivity contribution in [2.45, 2.75) is 61.0 Å². The van der Waals surface area contributed by atoms with Crippen LogP contribution in [0.3, 0.4) is 0 Å². The molecule has 3 rings (SSSR count). The maximum atomic E-state index is 12.6. The second kappa shape index (κ2) is 7.13. The van der Waals surface area contributed by atoms with E-state index in [4.69, 9.17) is 10.8 Å². The van der Waals surface area contributed by atoms with E-state index in [0.717, 1.165) is 0 Å². The second-order valence-corrected chi connectivity index (χ2v) is 11.6. The van der Waals surface area contributed by atoms with Crippen LogP contribution in [0.5, 0.6) is 0 Å². The van der Waals surface area contributed by atoms with E-state index in [1.54, 1.807) is 6.92 Å². The third-order valence-electron chi connectivity index (χ3n) is 5.98. The predicted octanol–water partition coefficient (Wildman–Crippen LogP) is 4.07. The Labute approximate surface area is 176 Å². The minimum atomic E-state index is -2.92. The Morgan fingerprint density at radius 2 is 1.28 bits per heavy atom. The molecular weight excluding hydrogens is 372 g/mol. The molecule has 0 radical (unpaired) electrons. The first kappa shape index (κ1) is 21.3. The maximum Gasteiger partial charge on any atom is 0.284 e. The largest absolute Gasteiger partial charge is 0.384 e. The number of terminal acetylenes is 1. The van der Waals surface area contributed by atoms with Crippen LogP contribution in [-0.4, -0.2) is 19.7 Å². The molecular formula is C26H30O2Si. The summed E-state index contributed by atoms with van der Waals surface area (Å²) in [7, 11) is -2.92. The lowest BCUT2D eigenvalue weighted by atomic mass is 9.96. The lowest BCUT2D eigenvalue weighted by molar-refractivity contribution is -0.114. The van der Waals surface area contributed by atoms with Crippen LogP contribution >= 0.6 is 0 Å². The van der Waals surface area contributed by atoms with Crippen LogP contribution in [0.2, 0.25) is 0 Å². The molecule has 1 atom stereocenters. The van der Waals surface area contributed by atoms with Gasteiger partial charge in [-0.1, -0.05) is 41.3 Å². The molecule has 1 unspecified atom stereocenters. The number of benzene rings is 2. The predicted molar refractivity (Wildman–Crippen MR) is 123 cm³/mol. The molecule has 0 spiro atoms. The van der Waals surface area contributed by atoms with E-state index in [1.807, 2.05) is 6.92 Å². The summed E-state index contributed by atoms with van der Waals surface area (Å²) in [5.41, 5.74) is 8.89. The molecule has 150 valence electrons. The van der Waals surface area contributed by atoms with Crippen LogP contribution in [0.15, 0.2) is 35.5 Å². The highest BCUT2D eigenvalue weighted by atomic mass is 28.4. The molecule has 1 aliphatic heterocycles. The van der Waals surface area contributed by atoms with Gasteiger partial charge in [0.15, 0.2) is 5.78 Å². The molecule has 2 nitrogen and oxygen atoms in total. The lowest BCUT2D eigenvalue weighted by Gasteiger charge is -2.35. The highest BCUT2D eigenvalue weighted by molar-refractivity contribution is 7.03. The summed E-state index contributed by atoms with van der Waals surface area (Å²) in [5, 5.41) is 2.41. The molecule has 2 aromatic rings. The summed E-state index contributed by atoms with van der Waals surface area (Å²) in [6, 6.07) is 8.80. The quantitative estimate of drug-likeness (QED) is 0.571. The molecule has 0 saturated carbocycles. The minimum absolute atomic E-state index is 0.0235. The SMILES string of the molecule is C#CC1(C)O[Si](c2c(C)cc(C)cc2C)(c2c(C)cc(C)cc2C)C=C1C(C)=O. The van der Waals surface area contributed by atoms with Gasteiger partial charge in [0.1, 0.15) is 5.60 Å². The van der Waals surface area contributed by atoms with Crippen molar-refractivity contribution in [1.82, 2.24) is 0 Å². The van der Waals surface area contributed by atoms with Crippen LogP contribution in [-0.2, 0) is 9.22 Å². The number of aryl methyl sites for hydroxylation is 6. The van der Waals surface area contributed by atoms with E-state index in [0.29, 0.717) is 5.57 Å². The molecule has 2 aromatic carbocycles. The van der Waals surface area contributed by atoms with Crippen LogP contribution in [0.1, 0.15) is 47.2 Å². The van der Waals surface area contributed by atoms with Crippen molar-refractivity contribution in [3.8, 4) is 12.3 Å². The second-order valence-electron chi connectivity index (χ2n) is 8.68. The summed E-state index contributed by atoms with van der Waals surface area (Å²) in [4.78, 5) is 12.6. The molecule has 0 saturated heterocycles. The van der Waals surface area contributed by atoms with Gasteiger partial charge in [0.05, 0.1) is 0 Å². The molecule has 29 heavy (non-hydrogen) atoms. The molecule has 0 bridgehead atoms. The summed E-state index contributed by atoms with van der Waals surface area (Å²) in [6.07, 6.45) is 5.93. The first-order valence-electron chi connectivity index (χ1n) is 10.0. The van der Waals surface area contributed by atoms with Crippen molar-refractivity contribution in [3.05, 3.63) is 68.9 Å². The average Bonchev–Trinajstić information content (AvgIpc) is 2.87. The number of hydrogen-bond acceptors (Lipinski definition) is 2. The van der Waals surface area contributed by atoms with Crippen molar-refractivity contribution in [1.29, 1.82) is 0 Å². The van der Waals surface area contributed by atoms with Crippen LogP contribution in [0.25, 0.3) is 0 Å². The fourth-order valence-corrected chi connectivity index (χ4v) is 10.3. The van der Waals surface area contributed by atoms with E-state index in [9.17, 15) is 4.79 Å². The monoisotopic (exact) mass is 402 g/mol. The Hall–Kier alpha value is -2.41. The van der Waals surface area contributed by atoms with Gasteiger partial charge in [-0.15, -0.1) is 6.42 Å². The standard InChI is InChI=1S/C26H30O2Si/c1-10-26(9)23(22(8)27)15-29(28-26,24-18(4)11-16(2)12-19(24)5)25-20(6)13-17(3)14-21(25)7/h1,11-15H,2-9H3. The van der Waals surface area contributed by atoms with Crippen molar-refractivity contribution in [3.63, 3.8) is 0 Å². The summed E-state index contributed by atoms with van der Waals surface area (Å²) < 4.78 is 6.92. The van der Waals surface area contributed by atoms with E-state index >= 15 is 0 Å². The molecule has 0 fully saturated rings. The summed E-state index contributed by atoms with van der Waals surface area (Å²) >= 11 is 0. The Bertz CT molecular complexity index is 997. The van der Waals surface area contributed by atoms with Crippen LogP contribution in [0, 0.1) is 53.9 Å². The number of hydrogen-bond donors (Lipinski definition) is 0. The number of carbonyl (C=O) groups is 1. The van der Waals surface area contributed by atoms with Gasteiger partial charge in [0.25, 0.3) is 8.32 Å². The van der Waals surface area contributed by atoms with Crippen molar-refractivity contribution >= 4 is 24.5 Å². The zero-order valence-corrected chi connectivity index (χ0v) is 19.8. The Morgan fingerprint density at radius 3 is 1.55 bits per heavy atom. The fraction of sp³-hybridized carbons (Fsp3) is 0.346. The van der Waals surface area contributed by atoms with Crippen LogP contribution in [0.4, 0.5) is 0 Å². The Kier molecular flexibility index (Phi) is 5.23. The maximum absolute atomic E-state index is 12.6. The first-order chi connectivity index (χ1) is 13.4. The molecule has 0 aliphatic carbocycles. The normalized spacial score (nSPS) is 20.3. The number of rotatable bonds is 3. The molecule has 0 N–H and O–H groups in total. The smallest absolute Gasteiger partial charge is 0.284 e. The average molecular weight is 403 g/mol. The number of carbonyl (C=O) groups excluding carboxylic acids is 1. The number of ketones is 1. The van der Waals surface area contributed by atoms with Gasteiger partial charge in [0, 0.05) is 5.57 Å². The fourth-order valence-electron chi connectivity index (χ4n) is 5.20. The lowest BCUT2D eigenvalue weighted by Crippen LogP contribution is -2.63. The third-order valence-corrected chi connectivity index (χ3v) is 10.5. The highest BCUT2D eigenvalue weighted by Crippen LogP contribution is 2.37. The number of Topliss-reactive ketones (excluding diaryl/α,β-unsaturated/α-hetero) is 1. The van der Waals surface area contributed by atoms with E-state index in [1.165, 1.54) is 43.8 Å². The third kappa shape index (κ3) is 3.31. The Balaban J connectivity index is 2.51. The molecule has 0 aromatic heterocycles. The van der Waals surface area contributed by atoms with Gasteiger partial charge in [-0.25, -0.2) is 0 Å². The van der Waals surface area contributed by atoms with Gasteiger partial charge in [-0.3, -0.25) is 4.79 Å². The molecule has 3 heteroatoms. The zero-order valence-electron chi connectivity index (χ0n) is 18.8. The zero-order chi connectivity index (χ0) is 21.7. The summed E-state index contributed by atoms with van der Waals surface area (Å²) in [6.45, 7) is 16.2. The topological polar surface area (TPSA) is 26.3 Å². The van der Waals surface area contributed by atoms with Gasteiger partial charge in [-0.05, 0) is 93.7 Å². The van der Waals surface area contributed by atoms with Crippen LogP contribution < -0.4 is 10.4 Å². The van der Waals surface area contributed by atoms with E-state index < -0.39 is 13.9 Å². The summed E-state index contributed by atoms with van der Waals surface area (Å²) in [5.74, 6) is 2.77. The Morgan fingerprint density at radius 1 is 0.897 bits per heavy atom.